The maximum absolute atomic E-state index is 11.5. The third kappa shape index (κ3) is 9.86. The number of likely N-dealkylation sites (N-methyl/N-ethyl adjacent to an activating group) is 1. The van der Waals surface area contributed by atoms with Crippen LogP contribution in [0.3, 0.4) is 0 Å². The Bertz CT molecular complexity index is 231. The van der Waals surface area contributed by atoms with E-state index in [1.165, 1.54) is 0 Å². The van der Waals surface area contributed by atoms with Gasteiger partial charge in [-0.2, -0.15) is 0 Å². The van der Waals surface area contributed by atoms with E-state index in [9.17, 15) is 4.79 Å². The average molecular weight is 245 g/mol. The van der Waals surface area contributed by atoms with E-state index in [4.69, 9.17) is 18.0 Å². The van der Waals surface area contributed by atoms with E-state index in [1.54, 1.807) is 0 Å². The van der Waals surface area contributed by atoms with Crippen LogP contribution in [0.25, 0.3) is 0 Å². The number of amides is 1. The van der Waals surface area contributed by atoms with Crippen LogP contribution in [-0.2, 0) is 4.79 Å². The van der Waals surface area contributed by atoms with Gasteiger partial charge in [0.2, 0.25) is 5.91 Å². The van der Waals surface area contributed by atoms with E-state index in [0.717, 1.165) is 19.5 Å². The van der Waals surface area contributed by atoms with Crippen molar-refractivity contribution in [3.05, 3.63) is 0 Å². The number of hydrogen-bond donors (Lipinski definition) is 2. The summed E-state index contributed by atoms with van der Waals surface area (Å²) in [7, 11) is 1.89. The molecule has 0 aliphatic carbocycles. The molecule has 0 aliphatic rings. The van der Waals surface area contributed by atoms with Crippen molar-refractivity contribution in [2.24, 2.45) is 11.7 Å². The summed E-state index contributed by atoms with van der Waals surface area (Å²) in [4.78, 5) is 13.9. The number of hydrogen-bond acceptors (Lipinski definition) is 3. The molecule has 0 heterocycles. The van der Waals surface area contributed by atoms with Gasteiger partial charge in [0.1, 0.15) is 0 Å². The van der Waals surface area contributed by atoms with Gasteiger partial charge in [-0.25, -0.2) is 0 Å². The van der Waals surface area contributed by atoms with Gasteiger partial charge in [0, 0.05) is 19.5 Å². The summed E-state index contributed by atoms with van der Waals surface area (Å²) in [5, 5.41) is 2.89. The molecular weight excluding hydrogens is 222 g/mol. The molecule has 0 aliphatic heterocycles. The molecule has 3 N–H and O–H groups in total. The molecule has 0 saturated heterocycles. The quantitative estimate of drug-likeness (QED) is 0.620. The molecule has 4 nitrogen and oxygen atoms in total. The van der Waals surface area contributed by atoms with Gasteiger partial charge in [-0.1, -0.05) is 26.1 Å². The Labute approximate surface area is 104 Å². The van der Waals surface area contributed by atoms with E-state index in [2.05, 4.69) is 19.2 Å². The highest BCUT2D eigenvalue weighted by molar-refractivity contribution is 7.80. The van der Waals surface area contributed by atoms with Crippen molar-refractivity contribution in [2.75, 3.05) is 26.7 Å². The number of nitrogens with two attached hydrogens (primary N) is 1. The van der Waals surface area contributed by atoms with Gasteiger partial charge in [-0.15, -0.1) is 0 Å². The highest BCUT2D eigenvalue weighted by Gasteiger charge is 2.06. The molecule has 0 rings (SSSR count). The minimum Gasteiger partial charge on any atom is -0.393 e. The van der Waals surface area contributed by atoms with Crippen molar-refractivity contribution in [2.45, 2.75) is 26.7 Å². The maximum Gasteiger partial charge on any atom is 0.234 e. The van der Waals surface area contributed by atoms with Crippen molar-refractivity contribution >= 4 is 23.1 Å². The fraction of sp³-hybridized carbons (Fsp3) is 0.818. The normalized spacial score (nSPS) is 10.8. The van der Waals surface area contributed by atoms with Crippen LogP contribution in [0.4, 0.5) is 0 Å². The summed E-state index contributed by atoms with van der Waals surface area (Å²) in [5.41, 5.74) is 5.39. The van der Waals surface area contributed by atoms with Crippen LogP contribution in [0.5, 0.6) is 0 Å². The summed E-state index contributed by atoms with van der Waals surface area (Å²) < 4.78 is 0. The molecule has 1 amide bonds. The third-order valence-corrected chi connectivity index (χ3v) is 2.40. The second-order valence-corrected chi connectivity index (χ2v) is 5.01. The molecule has 0 bridgehead atoms. The van der Waals surface area contributed by atoms with E-state index < -0.39 is 0 Å². The molecule has 0 aromatic heterocycles. The van der Waals surface area contributed by atoms with E-state index >= 15 is 0 Å². The van der Waals surface area contributed by atoms with Gasteiger partial charge in [0.05, 0.1) is 11.5 Å². The van der Waals surface area contributed by atoms with Crippen molar-refractivity contribution < 1.29 is 4.79 Å². The number of carbonyl (C=O) groups is 1. The highest BCUT2D eigenvalue weighted by atomic mass is 32.1. The van der Waals surface area contributed by atoms with Gasteiger partial charge in [-0.05, 0) is 19.4 Å². The Balaban J connectivity index is 3.58. The lowest BCUT2D eigenvalue weighted by Gasteiger charge is -2.16. The van der Waals surface area contributed by atoms with Crippen molar-refractivity contribution in [1.29, 1.82) is 0 Å². The van der Waals surface area contributed by atoms with Gasteiger partial charge >= 0.3 is 0 Å². The SMILES string of the molecule is CC(C)CCNC(=O)CN(C)CCC(N)=S. The van der Waals surface area contributed by atoms with Crippen LogP contribution < -0.4 is 11.1 Å². The molecule has 0 unspecified atom stereocenters. The Kier molecular flexibility index (Phi) is 8.11. The zero-order valence-electron chi connectivity index (χ0n) is 10.5. The summed E-state index contributed by atoms with van der Waals surface area (Å²) >= 11 is 4.78. The zero-order valence-corrected chi connectivity index (χ0v) is 11.3. The lowest BCUT2D eigenvalue weighted by molar-refractivity contribution is -0.121. The fourth-order valence-electron chi connectivity index (χ4n) is 1.18. The van der Waals surface area contributed by atoms with Gasteiger partial charge < -0.3 is 11.1 Å². The first-order chi connectivity index (χ1) is 7.41. The molecule has 0 radical (unpaired) electrons. The predicted octanol–water partition coefficient (Wildman–Crippen LogP) is 0.757. The van der Waals surface area contributed by atoms with Crippen LogP contribution in [0, 0.1) is 5.92 Å². The van der Waals surface area contributed by atoms with Crippen LogP contribution in [0.2, 0.25) is 0 Å². The van der Waals surface area contributed by atoms with Gasteiger partial charge in [-0.3, -0.25) is 9.69 Å². The molecular formula is C11H23N3OS. The number of nitrogens with zero attached hydrogens (tertiary/aromatic N) is 1. The van der Waals surface area contributed by atoms with Crippen LogP contribution in [0.15, 0.2) is 0 Å². The molecule has 0 spiro atoms. The molecule has 0 saturated carbocycles. The van der Waals surface area contributed by atoms with Crippen LogP contribution in [-0.4, -0.2) is 42.5 Å². The van der Waals surface area contributed by atoms with Crippen molar-refractivity contribution in [1.82, 2.24) is 10.2 Å². The molecule has 94 valence electrons. The third-order valence-electron chi connectivity index (χ3n) is 2.20. The second-order valence-electron chi connectivity index (χ2n) is 4.49. The van der Waals surface area contributed by atoms with E-state index in [0.29, 0.717) is 23.9 Å². The standard InChI is InChI=1S/C11H23N3OS/c1-9(2)4-6-13-11(15)8-14(3)7-5-10(12)16/h9H,4-8H2,1-3H3,(H2,12,16)(H,13,15). The van der Waals surface area contributed by atoms with Gasteiger partial charge in [0.25, 0.3) is 0 Å². The van der Waals surface area contributed by atoms with Crippen molar-refractivity contribution in [3.8, 4) is 0 Å². The van der Waals surface area contributed by atoms with Gasteiger partial charge in [0.15, 0.2) is 0 Å². The first-order valence-corrected chi connectivity index (χ1v) is 6.06. The molecule has 0 fully saturated rings. The molecule has 0 atom stereocenters. The summed E-state index contributed by atoms with van der Waals surface area (Å²) in [6.45, 7) is 6.16. The van der Waals surface area contributed by atoms with E-state index in [1.807, 2.05) is 11.9 Å². The summed E-state index contributed by atoms with van der Waals surface area (Å²) in [5.74, 6) is 0.679. The minimum absolute atomic E-state index is 0.0612. The summed E-state index contributed by atoms with van der Waals surface area (Å²) in [6, 6.07) is 0. The van der Waals surface area contributed by atoms with Crippen LogP contribution in [0.1, 0.15) is 26.7 Å². The number of nitrogens with one attached hydrogen (secondary N) is 1. The Morgan fingerprint density at radius 1 is 1.50 bits per heavy atom. The molecule has 5 heteroatoms. The fourth-order valence-corrected chi connectivity index (χ4v) is 1.27. The summed E-state index contributed by atoms with van der Waals surface area (Å²) in [6.07, 6.45) is 1.67. The Hall–Kier alpha value is -0.680. The number of rotatable bonds is 8. The smallest absolute Gasteiger partial charge is 0.234 e. The largest absolute Gasteiger partial charge is 0.393 e. The molecule has 0 aromatic carbocycles. The first kappa shape index (κ1) is 15.3. The average Bonchev–Trinajstić information content (AvgIpc) is 2.14. The molecule has 0 aromatic rings. The molecule has 16 heavy (non-hydrogen) atoms. The van der Waals surface area contributed by atoms with Crippen LogP contribution >= 0.6 is 12.2 Å². The highest BCUT2D eigenvalue weighted by Crippen LogP contribution is 1.96. The zero-order chi connectivity index (χ0) is 12.6. The Morgan fingerprint density at radius 2 is 2.12 bits per heavy atom. The second kappa shape index (κ2) is 8.47. The number of carbonyl (C=O) groups excluding carboxylic acids is 1. The lowest BCUT2D eigenvalue weighted by atomic mass is 10.1. The Morgan fingerprint density at radius 3 is 2.62 bits per heavy atom. The van der Waals surface area contributed by atoms with Crippen molar-refractivity contribution in [3.63, 3.8) is 0 Å². The predicted molar refractivity (Wildman–Crippen MR) is 71.4 cm³/mol. The first-order valence-electron chi connectivity index (χ1n) is 5.65. The topological polar surface area (TPSA) is 58.4 Å². The maximum atomic E-state index is 11.5. The number of thiocarbonyl (C=S) groups is 1. The monoisotopic (exact) mass is 245 g/mol. The van der Waals surface area contributed by atoms with E-state index in [-0.39, 0.29) is 5.91 Å². The minimum atomic E-state index is 0.0612. The lowest BCUT2D eigenvalue weighted by Crippen LogP contribution is -2.37.